The molecule has 8 heteroatoms. The monoisotopic (exact) mass is 293 g/mol. The van der Waals surface area contributed by atoms with Crippen LogP contribution < -0.4 is 5.32 Å². The molecule has 1 atom stereocenters. The molecule has 1 heterocycles. The minimum absolute atomic E-state index is 0.113. The molecule has 114 valence electrons. The average molecular weight is 293 g/mol. The third kappa shape index (κ3) is 4.84. The fraction of sp³-hybridized carbons (Fsp3) is 0.667. The molecule has 0 aliphatic heterocycles. The van der Waals surface area contributed by atoms with E-state index in [4.69, 9.17) is 4.74 Å². The van der Waals surface area contributed by atoms with Gasteiger partial charge in [-0.2, -0.15) is 18.3 Å². The molecule has 0 aliphatic carbocycles. The normalized spacial score (nSPS) is 13.3. The molecule has 1 N–H and O–H groups in total. The van der Waals surface area contributed by atoms with E-state index in [1.165, 1.54) is 17.8 Å². The molecule has 0 amide bonds. The number of halogens is 3. The van der Waals surface area contributed by atoms with Crippen molar-refractivity contribution in [3.05, 3.63) is 17.5 Å². The first-order valence-electron chi connectivity index (χ1n) is 6.22. The van der Waals surface area contributed by atoms with E-state index in [1.54, 1.807) is 14.0 Å². The van der Waals surface area contributed by atoms with Gasteiger partial charge >= 0.3 is 12.1 Å². The predicted molar refractivity (Wildman–Crippen MR) is 66.1 cm³/mol. The highest BCUT2D eigenvalue weighted by molar-refractivity contribution is 5.90. The number of aromatic nitrogens is 2. The van der Waals surface area contributed by atoms with E-state index in [-0.39, 0.29) is 18.7 Å². The highest BCUT2D eigenvalue weighted by Gasteiger charge is 2.30. The molecular formula is C12H18F3N3O2. The van der Waals surface area contributed by atoms with Crippen LogP contribution in [0.1, 0.15) is 36.3 Å². The fourth-order valence-corrected chi connectivity index (χ4v) is 1.74. The summed E-state index contributed by atoms with van der Waals surface area (Å²) in [4.78, 5) is 11.7. The van der Waals surface area contributed by atoms with E-state index in [2.05, 4.69) is 10.4 Å². The van der Waals surface area contributed by atoms with Crippen molar-refractivity contribution in [3.63, 3.8) is 0 Å². The number of alkyl halides is 3. The van der Waals surface area contributed by atoms with Gasteiger partial charge in [0.25, 0.3) is 0 Å². The fourth-order valence-electron chi connectivity index (χ4n) is 1.74. The summed E-state index contributed by atoms with van der Waals surface area (Å²) >= 11 is 0. The van der Waals surface area contributed by atoms with Crippen molar-refractivity contribution in [1.29, 1.82) is 0 Å². The lowest BCUT2D eigenvalue weighted by atomic mass is 10.2. The molecule has 0 spiro atoms. The number of hydrogen-bond acceptors (Lipinski definition) is 4. The first-order valence-corrected chi connectivity index (χ1v) is 6.22. The van der Waals surface area contributed by atoms with Crippen molar-refractivity contribution in [2.75, 3.05) is 6.61 Å². The third-order valence-electron chi connectivity index (χ3n) is 2.71. The summed E-state index contributed by atoms with van der Waals surface area (Å²) < 4.78 is 43.0. The van der Waals surface area contributed by atoms with E-state index >= 15 is 0 Å². The maximum Gasteiger partial charge on any atom is 0.390 e. The average Bonchev–Trinajstić information content (AvgIpc) is 2.66. The van der Waals surface area contributed by atoms with E-state index in [1.807, 2.05) is 0 Å². The highest BCUT2D eigenvalue weighted by atomic mass is 19.4. The molecule has 0 radical (unpaired) electrons. The van der Waals surface area contributed by atoms with E-state index in [0.717, 1.165) is 0 Å². The third-order valence-corrected chi connectivity index (χ3v) is 2.71. The SMILES string of the molecule is CCOC(=O)c1cnn(C)c1CNC(C)CC(F)(F)F. The number of nitrogens with zero attached hydrogens (tertiary/aromatic N) is 2. The second kappa shape index (κ2) is 6.74. The molecule has 1 unspecified atom stereocenters. The molecule has 1 aromatic rings. The van der Waals surface area contributed by atoms with Gasteiger partial charge in [-0.1, -0.05) is 0 Å². The van der Waals surface area contributed by atoms with Gasteiger partial charge in [-0.05, 0) is 13.8 Å². The zero-order valence-corrected chi connectivity index (χ0v) is 11.6. The van der Waals surface area contributed by atoms with Gasteiger partial charge in [0, 0.05) is 19.6 Å². The Bertz CT molecular complexity index is 457. The van der Waals surface area contributed by atoms with Gasteiger partial charge in [-0.15, -0.1) is 0 Å². The maximum absolute atomic E-state index is 12.2. The van der Waals surface area contributed by atoms with Crippen molar-refractivity contribution >= 4 is 5.97 Å². The van der Waals surface area contributed by atoms with Crippen LogP contribution >= 0.6 is 0 Å². The summed E-state index contributed by atoms with van der Waals surface area (Å²) in [5.41, 5.74) is 0.763. The molecule has 5 nitrogen and oxygen atoms in total. The van der Waals surface area contributed by atoms with Crippen LogP contribution in [-0.4, -0.2) is 34.6 Å². The Labute approximate surface area is 115 Å². The Morgan fingerprint density at radius 2 is 2.20 bits per heavy atom. The van der Waals surface area contributed by atoms with Gasteiger partial charge in [0.1, 0.15) is 5.56 Å². The minimum Gasteiger partial charge on any atom is -0.462 e. The smallest absolute Gasteiger partial charge is 0.390 e. The Kier molecular flexibility index (Phi) is 5.55. The molecule has 0 aromatic carbocycles. The van der Waals surface area contributed by atoms with E-state index in [9.17, 15) is 18.0 Å². The molecule has 0 saturated heterocycles. The van der Waals surface area contributed by atoms with Crippen LogP contribution in [0.2, 0.25) is 0 Å². The molecule has 0 saturated carbocycles. The number of ether oxygens (including phenoxy) is 1. The largest absolute Gasteiger partial charge is 0.462 e. The molecule has 0 bridgehead atoms. The van der Waals surface area contributed by atoms with Crippen molar-refractivity contribution in [1.82, 2.24) is 15.1 Å². The molecule has 0 aliphatic rings. The second-order valence-electron chi connectivity index (χ2n) is 4.45. The molecule has 20 heavy (non-hydrogen) atoms. The summed E-state index contributed by atoms with van der Waals surface area (Å²) in [7, 11) is 1.62. The Morgan fingerprint density at radius 3 is 2.75 bits per heavy atom. The summed E-state index contributed by atoms with van der Waals surface area (Å²) in [6.45, 7) is 3.46. The molecule has 1 rings (SSSR count). The lowest BCUT2D eigenvalue weighted by Gasteiger charge is -2.16. The topological polar surface area (TPSA) is 56.1 Å². The van der Waals surface area contributed by atoms with Crippen LogP contribution in [0, 0.1) is 0 Å². The zero-order chi connectivity index (χ0) is 15.3. The van der Waals surface area contributed by atoms with Crippen LogP contribution in [0.25, 0.3) is 0 Å². The molecule has 1 aromatic heterocycles. The van der Waals surface area contributed by atoms with Gasteiger partial charge in [0.2, 0.25) is 0 Å². The van der Waals surface area contributed by atoms with Crippen LogP contribution in [0.3, 0.4) is 0 Å². The summed E-state index contributed by atoms with van der Waals surface area (Å²) in [6.07, 6.45) is -3.80. The number of carbonyl (C=O) groups excluding carboxylic acids is 1. The van der Waals surface area contributed by atoms with Crippen molar-refractivity contribution < 1.29 is 22.7 Å². The number of nitrogens with one attached hydrogen (secondary N) is 1. The van der Waals surface area contributed by atoms with Crippen molar-refractivity contribution in [2.45, 2.75) is 39.0 Å². The lowest BCUT2D eigenvalue weighted by molar-refractivity contribution is -0.139. The van der Waals surface area contributed by atoms with Gasteiger partial charge in [0.05, 0.1) is 24.9 Å². The van der Waals surface area contributed by atoms with Gasteiger partial charge in [0.15, 0.2) is 0 Å². The first kappa shape index (κ1) is 16.5. The number of esters is 1. The Morgan fingerprint density at radius 1 is 1.55 bits per heavy atom. The van der Waals surface area contributed by atoms with E-state index < -0.39 is 24.6 Å². The van der Waals surface area contributed by atoms with Crippen molar-refractivity contribution in [2.24, 2.45) is 7.05 Å². The Balaban J connectivity index is 2.68. The lowest BCUT2D eigenvalue weighted by Crippen LogP contribution is -2.31. The van der Waals surface area contributed by atoms with Crippen LogP contribution in [0.15, 0.2) is 6.20 Å². The first-order chi connectivity index (χ1) is 9.24. The zero-order valence-electron chi connectivity index (χ0n) is 11.6. The quantitative estimate of drug-likeness (QED) is 0.815. The Hall–Kier alpha value is -1.57. The van der Waals surface area contributed by atoms with Gasteiger partial charge < -0.3 is 10.1 Å². The standard InChI is InChI=1S/C12H18F3N3O2/c1-4-20-11(19)9-6-17-18(3)10(9)7-16-8(2)5-12(13,14)15/h6,8,16H,4-5,7H2,1-3H3. The van der Waals surface area contributed by atoms with Crippen LogP contribution in [-0.2, 0) is 18.3 Å². The van der Waals surface area contributed by atoms with Gasteiger partial charge in [-0.3, -0.25) is 4.68 Å². The van der Waals surface area contributed by atoms with Crippen LogP contribution in [0.5, 0.6) is 0 Å². The summed E-state index contributed by atoms with van der Waals surface area (Å²) in [5.74, 6) is -0.527. The predicted octanol–water partition coefficient (Wildman–Crippen LogP) is 2.03. The van der Waals surface area contributed by atoms with Gasteiger partial charge in [-0.25, -0.2) is 4.79 Å². The van der Waals surface area contributed by atoms with E-state index in [0.29, 0.717) is 5.69 Å². The number of carbonyl (C=O) groups is 1. The minimum atomic E-state index is -4.22. The summed E-state index contributed by atoms with van der Waals surface area (Å²) in [6, 6.07) is -0.750. The summed E-state index contributed by atoms with van der Waals surface area (Å²) in [5, 5.41) is 6.66. The number of rotatable bonds is 6. The maximum atomic E-state index is 12.2. The highest BCUT2D eigenvalue weighted by Crippen LogP contribution is 2.21. The second-order valence-corrected chi connectivity index (χ2v) is 4.45. The molecule has 0 fully saturated rings. The number of aryl methyl sites for hydroxylation is 1. The van der Waals surface area contributed by atoms with Crippen molar-refractivity contribution in [3.8, 4) is 0 Å². The molecular weight excluding hydrogens is 275 g/mol. The number of hydrogen-bond donors (Lipinski definition) is 1. The van der Waals surface area contributed by atoms with Crippen LogP contribution in [0.4, 0.5) is 13.2 Å².